The molecule has 2 N–H and O–H groups in total. The molecular formula is C16H24N2O. The molecule has 0 saturated heterocycles. The number of hydrogen-bond acceptors (Lipinski definition) is 2. The van der Waals surface area contributed by atoms with Gasteiger partial charge in [0.25, 0.3) is 0 Å². The second-order valence-corrected chi connectivity index (χ2v) is 5.49. The first-order chi connectivity index (χ1) is 9.13. The van der Waals surface area contributed by atoms with Crippen molar-refractivity contribution in [2.45, 2.75) is 51.6 Å². The minimum Gasteiger partial charge on any atom is -0.338 e. The molecule has 0 unspecified atom stereocenters. The fourth-order valence-corrected chi connectivity index (χ4v) is 2.92. The number of fused-ring (bicyclic) bond motifs is 1. The van der Waals surface area contributed by atoms with Gasteiger partial charge in [-0.05, 0) is 43.7 Å². The molecule has 1 amide bonds. The van der Waals surface area contributed by atoms with Crippen LogP contribution in [0.1, 0.15) is 37.8 Å². The number of aryl methyl sites for hydroxylation is 1. The highest BCUT2D eigenvalue weighted by Gasteiger charge is 2.28. The molecule has 3 heteroatoms. The SMILES string of the molecule is CCCN(C(=O)[C@@H](C)N)[C@@H]1CCc2ccccc2C1. The van der Waals surface area contributed by atoms with E-state index in [2.05, 4.69) is 31.2 Å². The first kappa shape index (κ1) is 14.1. The zero-order valence-electron chi connectivity index (χ0n) is 11.9. The van der Waals surface area contributed by atoms with Crippen LogP contribution >= 0.6 is 0 Å². The van der Waals surface area contributed by atoms with Crippen LogP contribution in [0, 0.1) is 0 Å². The van der Waals surface area contributed by atoms with E-state index in [1.807, 2.05) is 4.90 Å². The van der Waals surface area contributed by atoms with Gasteiger partial charge in [-0.3, -0.25) is 4.79 Å². The van der Waals surface area contributed by atoms with Crippen LogP contribution in [-0.4, -0.2) is 29.4 Å². The largest absolute Gasteiger partial charge is 0.338 e. The molecule has 1 aliphatic rings. The molecule has 0 radical (unpaired) electrons. The van der Waals surface area contributed by atoms with E-state index in [1.165, 1.54) is 11.1 Å². The number of nitrogens with two attached hydrogens (primary N) is 1. The second kappa shape index (κ2) is 6.20. The van der Waals surface area contributed by atoms with Crippen molar-refractivity contribution in [1.29, 1.82) is 0 Å². The van der Waals surface area contributed by atoms with Crippen molar-refractivity contribution in [3.8, 4) is 0 Å². The highest BCUT2D eigenvalue weighted by atomic mass is 16.2. The molecule has 1 aromatic rings. The Hall–Kier alpha value is -1.35. The van der Waals surface area contributed by atoms with Crippen molar-refractivity contribution < 1.29 is 4.79 Å². The summed E-state index contributed by atoms with van der Waals surface area (Å²) in [4.78, 5) is 14.2. The van der Waals surface area contributed by atoms with Gasteiger partial charge in [0.1, 0.15) is 0 Å². The summed E-state index contributed by atoms with van der Waals surface area (Å²) in [6.07, 6.45) is 4.06. The minimum atomic E-state index is -0.399. The van der Waals surface area contributed by atoms with Crippen LogP contribution in [0.3, 0.4) is 0 Å². The average Bonchev–Trinajstić information content (AvgIpc) is 2.43. The van der Waals surface area contributed by atoms with Gasteiger partial charge >= 0.3 is 0 Å². The lowest BCUT2D eigenvalue weighted by Crippen LogP contribution is -2.49. The Balaban J connectivity index is 2.14. The number of nitrogens with zero attached hydrogens (tertiary/aromatic N) is 1. The Kier molecular flexibility index (Phi) is 4.59. The van der Waals surface area contributed by atoms with E-state index < -0.39 is 6.04 Å². The summed E-state index contributed by atoms with van der Waals surface area (Å²) in [5, 5.41) is 0. The van der Waals surface area contributed by atoms with Gasteiger partial charge < -0.3 is 10.6 Å². The third-order valence-electron chi connectivity index (χ3n) is 3.90. The van der Waals surface area contributed by atoms with Gasteiger partial charge in [0.15, 0.2) is 0 Å². The summed E-state index contributed by atoms with van der Waals surface area (Å²) in [5.41, 5.74) is 8.60. The lowest BCUT2D eigenvalue weighted by molar-refractivity contribution is -0.134. The Bertz CT molecular complexity index is 442. The molecule has 0 aliphatic heterocycles. The number of benzene rings is 1. The van der Waals surface area contributed by atoms with Gasteiger partial charge in [-0.1, -0.05) is 31.2 Å². The Morgan fingerprint density at radius 2 is 2.11 bits per heavy atom. The predicted octanol–water partition coefficient (Wildman–Crippen LogP) is 2.13. The summed E-state index contributed by atoms with van der Waals surface area (Å²) in [7, 11) is 0. The van der Waals surface area contributed by atoms with Gasteiger partial charge in [-0.2, -0.15) is 0 Å². The maximum absolute atomic E-state index is 12.2. The Labute approximate surface area is 115 Å². The second-order valence-electron chi connectivity index (χ2n) is 5.49. The van der Waals surface area contributed by atoms with Crippen LogP contribution in [0.15, 0.2) is 24.3 Å². The van der Waals surface area contributed by atoms with E-state index in [-0.39, 0.29) is 5.91 Å². The summed E-state index contributed by atoms with van der Waals surface area (Å²) < 4.78 is 0. The Morgan fingerprint density at radius 1 is 1.42 bits per heavy atom. The maximum Gasteiger partial charge on any atom is 0.239 e. The van der Waals surface area contributed by atoms with Crippen LogP contribution in [0.5, 0.6) is 0 Å². The summed E-state index contributed by atoms with van der Waals surface area (Å²) >= 11 is 0. The van der Waals surface area contributed by atoms with Crippen LogP contribution in [0.25, 0.3) is 0 Å². The molecule has 0 bridgehead atoms. The average molecular weight is 260 g/mol. The Morgan fingerprint density at radius 3 is 2.74 bits per heavy atom. The van der Waals surface area contributed by atoms with Gasteiger partial charge in [0.05, 0.1) is 6.04 Å². The van der Waals surface area contributed by atoms with Crippen LogP contribution in [0.4, 0.5) is 0 Å². The number of carbonyl (C=O) groups is 1. The fraction of sp³-hybridized carbons (Fsp3) is 0.562. The molecule has 0 heterocycles. The number of hydrogen-bond donors (Lipinski definition) is 1. The highest BCUT2D eigenvalue weighted by molar-refractivity contribution is 5.81. The van der Waals surface area contributed by atoms with Crippen LogP contribution in [-0.2, 0) is 17.6 Å². The number of rotatable bonds is 4. The van der Waals surface area contributed by atoms with Crippen molar-refractivity contribution in [2.75, 3.05) is 6.54 Å². The fourth-order valence-electron chi connectivity index (χ4n) is 2.92. The molecule has 2 atom stereocenters. The molecule has 3 nitrogen and oxygen atoms in total. The van der Waals surface area contributed by atoms with Crippen molar-refractivity contribution in [2.24, 2.45) is 5.73 Å². The third-order valence-corrected chi connectivity index (χ3v) is 3.90. The summed E-state index contributed by atoms with van der Waals surface area (Å²) in [5.74, 6) is 0.0891. The molecule has 1 aliphatic carbocycles. The summed E-state index contributed by atoms with van der Waals surface area (Å²) in [6, 6.07) is 8.47. The summed E-state index contributed by atoms with van der Waals surface area (Å²) in [6.45, 7) is 4.70. The normalized spacial score (nSPS) is 19.6. The topological polar surface area (TPSA) is 46.3 Å². The predicted molar refractivity (Wildman–Crippen MR) is 77.9 cm³/mol. The molecule has 0 fully saturated rings. The van der Waals surface area contributed by atoms with E-state index in [0.29, 0.717) is 6.04 Å². The lowest BCUT2D eigenvalue weighted by atomic mass is 9.87. The molecular weight excluding hydrogens is 236 g/mol. The number of carbonyl (C=O) groups excluding carboxylic acids is 1. The van der Waals surface area contributed by atoms with Crippen molar-refractivity contribution in [1.82, 2.24) is 4.90 Å². The van der Waals surface area contributed by atoms with Gasteiger partial charge in [-0.15, -0.1) is 0 Å². The van der Waals surface area contributed by atoms with E-state index >= 15 is 0 Å². The van der Waals surface area contributed by atoms with Crippen molar-refractivity contribution in [3.05, 3.63) is 35.4 Å². The van der Waals surface area contributed by atoms with Crippen molar-refractivity contribution >= 4 is 5.91 Å². The number of amides is 1. The van der Waals surface area contributed by atoms with Gasteiger partial charge in [0, 0.05) is 12.6 Å². The zero-order chi connectivity index (χ0) is 13.8. The quantitative estimate of drug-likeness (QED) is 0.901. The maximum atomic E-state index is 12.2. The van der Waals surface area contributed by atoms with E-state index in [4.69, 9.17) is 5.73 Å². The molecule has 0 aromatic heterocycles. The van der Waals surface area contributed by atoms with E-state index in [0.717, 1.165) is 32.2 Å². The minimum absolute atomic E-state index is 0.0891. The van der Waals surface area contributed by atoms with Gasteiger partial charge in [0.2, 0.25) is 5.91 Å². The van der Waals surface area contributed by atoms with Crippen molar-refractivity contribution in [3.63, 3.8) is 0 Å². The van der Waals surface area contributed by atoms with Crippen LogP contribution < -0.4 is 5.73 Å². The first-order valence-corrected chi connectivity index (χ1v) is 7.26. The molecule has 2 rings (SSSR count). The van der Waals surface area contributed by atoms with Gasteiger partial charge in [-0.25, -0.2) is 0 Å². The highest BCUT2D eigenvalue weighted by Crippen LogP contribution is 2.25. The molecule has 1 aromatic carbocycles. The first-order valence-electron chi connectivity index (χ1n) is 7.26. The molecule has 104 valence electrons. The third kappa shape index (κ3) is 3.16. The standard InChI is InChI=1S/C16H24N2O/c1-3-10-18(16(19)12(2)17)15-9-8-13-6-4-5-7-14(13)11-15/h4-7,12,15H,3,8-11,17H2,1-2H3/t12-,15-/m1/s1. The molecule has 0 spiro atoms. The van der Waals surface area contributed by atoms with E-state index in [9.17, 15) is 4.79 Å². The smallest absolute Gasteiger partial charge is 0.239 e. The monoisotopic (exact) mass is 260 g/mol. The lowest BCUT2D eigenvalue weighted by Gasteiger charge is -2.36. The zero-order valence-corrected chi connectivity index (χ0v) is 11.9. The molecule has 19 heavy (non-hydrogen) atoms. The van der Waals surface area contributed by atoms with E-state index in [1.54, 1.807) is 6.92 Å². The van der Waals surface area contributed by atoms with Crippen LogP contribution in [0.2, 0.25) is 0 Å². The molecule has 0 saturated carbocycles.